The first-order valence-electron chi connectivity index (χ1n) is 7.34. The van der Waals surface area contributed by atoms with Crippen molar-refractivity contribution in [2.45, 2.75) is 18.4 Å². The fourth-order valence-corrected chi connectivity index (χ4v) is 3.14. The molecule has 2 rings (SSSR count). The molecular weight excluding hydrogens is 382 g/mol. The zero-order valence-corrected chi connectivity index (χ0v) is 15.6. The average molecular weight is 398 g/mol. The molecule has 11 heteroatoms. The van der Waals surface area contributed by atoms with Crippen molar-refractivity contribution in [2.24, 2.45) is 0 Å². The number of urea groups is 1. The monoisotopic (exact) mass is 397 g/mol. The van der Waals surface area contributed by atoms with Crippen LogP contribution in [0.2, 0.25) is 5.02 Å². The summed E-state index contributed by atoms with van der Waals surface area (Å²) < 4.78 is 32.7. The van der Waals surface area contributed by atoms with Gasteiger partial charge in [-0.3, -0.25) is 5.32 Å². The van der Waals surface area contributed by atoms with Crippen molar-refractivity contribution < 1.29 is 17.9 Å². The second-order valence-corrected chi connectivity index (χ2v) is 7.27. The van der Waals surface area contributed by atoms with E-state index in [0.29, 0.717) is 17.3 Å². The molecule has 1 heterocycles. The minimum absolute atomic E-state index is 0.0888. The lowest BCUT2D eigenvalue weighted by atomic mass is 10.2. The Kier molecular flexibility index (Phi) is 6.20. The lowest BCUT2D eigenvalue weighted by Crippen LogP contribution is -2.35. The second-order valence-electron chi connectivity index (χ2n) is 5.15. The quantitative estimate of drug-likeness (QED) is 0.766. The number of hydrogen-bond acceptors (Lipinski definition) is 6. The van der Waals surface area contributed by atoms with Crippen LogP contribution in [0.5, 0.6) is 0 Å². The Morgan fingerprint density at radius 2 is 2.04 bits per heavy atom. The number of aryl methyl sites for hydroxylation is 1. The van der Waals surface area contributed by atoms with Crippen molar-refractivity contribution in [3.05, 3.63) is 40.5 Å². The minimum Gasteiger partial charge on any atom is -0.383 e. The van der Waals surface area contributed by atoms with Crippen LogP contribution in [-0.4, -0.2) is 37.9 Å². The predicted octanol–water partition coefficient (Wildman–Crippen LogP) is 1.87. The van der Waals surface area contributed by atoms with Gasteiger partial charge in [0.2, 0.25) is 0 Å². The molecule has 0 atom stereocenters. The maximum atomic E-state index is 12.2. The third-order valence-corrected chi connectivity index (χ3v) is 4.93. The summed E-state index contributed by atoms with van der Waals surface area (Å²) in [6, 6.07) is 6.24. The van der Waals surface area contributed by atoms with Crippen LogP contribution < -0.4 is 10.0 Å². The van der Waals surface area contributed by atoms with Gasteiger partial charge in [0.05, 0.1) is 23.7 Å². The Morgan fingerprint density at radius 3 is 2.62 bits per heavy atom. The van der Waals surface area contributed by atoms with Crippen LogP contribution in [0.15, 0.2) is 29.2 Å². The summed E-state index contributed by atoms with van der Waals surface area (Å²) in [6.07, 6.45) is 0. The van der Waals surface area contributed by atoms with Gasteiger partial charge in [-0.15, -0.1) is 0 Å². The molecule has 138 valence electrons. The number of hydrogen-bond donors (Lipinski definition) is 2. The summed E-state index contributed by atoms with van der Waals surface area (Å²) >= 11 is 5.72. The van der Waals surface area contributed by atoms with E-state index >= 15 is 0 Å². The smallest absolute Gasteiger partial charge is 0.334 e. The van der Waals surface area contributed by atoms with Crippen LogP contribution >= 0.6 is 11.6 Å². The van der Waals surface area contributed by atoms with Gasteiger partial charge in [0.1, 0.15) is 11.6 Å². The van der Waals surface area contributed by atoms with Gasteiger partial charge in [0, 0.05) is 12.1 Å². The zero-order chi connectivity index (χ0) is 19.3. The molecule has 0 aliphatic heterocycles. The molecule has 26 heavy (non-hydrogen) atoms. The van der Waals surface area contributed by atoms with E-state index in [2.05, 4.69) is 10.4 Å². The van der Waals surface area contributed by atoms with E-state index < -0.39 is 16.1 Å². The van der Waals surface area contributed by atoms with Crippen molar-refractivity contribution in [1.82, 2.24) is 14.5 Å². The minimum atomic E-state index is -4.10. The Balaban J connectivity index is 2.22. The van der Waals surface area contributed by atoms with Crippen molar-refractivity contribution in [2.75, 3.05) is 19.0 Å². The number of nitrogens with one attached hydrogen (secondary N) is 2. The van der Waals surface area contributed by atoms with Gasteiger partial charge in [0.25, 0.3) is 10.0 Å². The Morgan fingerprint density at radius 1 is 1.38 bits per heavy atom. The number of aromatic nitrogens is 2. The van der Waals surface area contributed by atoms with Crippen molar-refractivity contribution in [1.29, 1.82) is 5.26 Å². The van der Waals surface area contributed by atoms with Crippen LogP contribution in [0.25, 0.3) is 0 Å². The first-order valence-corrected chi connectivity index (χ1v) is 9.20. The summed E-state index contributed by atoms with van der Waals surface area (Å²) in [5.41, 5.74) is 0.541. The molecule has 0 fully saturated rings. The highest BCUT2D eigenvalue weighted by atomic mass is 35.5. The van der Waals surface area contributed by atoms with Gasteiger partial charge in [-0.1, -0.05) is 11.6 Å². The van der Waals surface area contributed by atoms with Gasteiger partial charge >= 0.3 is 6.03 Å². The molecule has 0 aliphatic rings. The summed E-state index contributed by atoms with van der Waals surface area (Å²) in [4.78, 5) is 12.0. The van der Waals surface area contributed by atoms with Crippen molar-refractivity contribution in [3.63, 3.8) is 0 Å². The summed E-state index contributed by atoms with van der Waals surface area (Å²) in [5.74, 6) is 0.0888. The lowest BCUT2D eigenvalue weighted by molar-refractivity contribution is 0.184. The number of benzene rings is 1. The Bertz CT molecular complexity index is 948. The van der Waals surface area contributed by atoms with Crippen LogP contribution in [0.3, 0.4) is 0 Å². The maximum absolute atomic E-state index is 12.2. The first-order chi connectivity index (χ1) is 12.3. The first kappa shape index (κ1) is 19.7. The number of halogens is 1. The fourth-order valence-electron chi connectivity index (χ4n) is 2.11. The van der Waals surface area contributed by atoms with Gasteiger partial charge in [0.15, 0.2) is 5.82 Å². The van der Waals surface area contributed by atoms with Crippen molar-refractivity contribution in [3.8, 4) is 6.07 Å². The molecule has 2 amide bonds. The van der Waals surface area contributed by atoms with Gasteiger partial charge < -0.3 is 4.74 Å². The summed E-state index contributed by atoms with van der Waals surface area (Å²) in [7, 11) is -2.60. The number of anilines is 1. The predicted molar refractivity (Wildman–Crippen MR) is 94.3 cm³/mol. The number of nitrogens with zero attached hydrogens (tertiary/aromatic N) is 3. The van der Waals surface area contributed by atoms with E-state index in [0.717, 1.165) is 0 Å². The Labute approximate surface area is 155 Å². The fraction of sp³-hybridized carbons (Fsp3) is 0.267. The van der Waals surface area contributed by atoms with Gasteiger partial charge in [-0.25, -0.2) is 22.6 Å². The number of rotatable bonds is 6. The molecule has 0 spiro atoms. The number of carbonyl (C=O) groups excluding carboxylic acids is 1. The number of sulfonamides is 1. The molecule has 0 unspecified atom stereocenters. The third-order valence-electron chi connectivity index (χ3n) is 3.33. The van der Waals surface area contributed by atoms with Crippen LogP contribution in [0.4, 0.5) is 10.6 Å². The van der Waals surface area contributed by atoms with E-state index in [1.54, 1.807) is 6.92 Å². The normalized spacial score (nSPS) is 11.0. The largest absolute Gasteiger partial charge is 0.383 e. The molecule has 0 bridgehead atoms. The van der Waals surface area contributed by atoms with E-state index in [9.17, 15) is 18.5 Å². The molecule has 2 aromatic rings. The lowest BCUT2D eigenvalue weighted by Gasteiger charge is -2.11. The van der Waals surface area contributed by atoms with Gasteiger partial charge in [-0.05, 0) is 31.2 Å². The molecule has 9 nitrogen and oxygen atoms in total. The summed E-state index contributed by atoms with van der Waals surface area (Å²) in [5, 5.41) is 16.1. The van der Waals surface area contributed by atoms with Crippen LogP contribution in [-0.2, 0) is 21.3 Å². The molecule has 1 aromatic heterocycles. The Hall–Kier alpha value is -2.61. The second kappa shape index (κ2) is 8.18. The topological polar surface area (TPSA) is 126 Å². The number of carbonyl (C=O) groups is 1. The number of nitriles is 1. The SMILES string of the molecule is COCCn1nc(C)c(C#N)c1NC(=O)NS(=O)(=O)c1ccc(Cl)cc1. The molecular formula is C15H16ClN5O4S. The molecule has 1 aromatic carbocycles. The number of methoxy groups -OCH3 is 1. The molecule has 0 saturated heterocycles. The molecule has 0 radical (unpaired) electrons. The molecule has 2 N–H and O–H groups in total. The van der Waals surface area contributed by atoms with E-state index in [-0.39, 0.29) is 22.8 Å². The van der Waals surface area contributed by atoms with Crippen LogP contribution in [0.1, 0.15) is 11.3 Å². The number of ether oxygens (including phenoxy) is 1. The maximum Gasteiger partial charge on any atom is 0.334 e. The standard InChI is InChI=1S/C15H16ClN5O4S/c1-10-13(9-17)14(21(19-10)7-8-25-2)18-15(22)20-26(23,24)12-5-3-11(16)4-6-12/h3-6H,7-8H2,1-2H3,(H2,18,20,22). The average Bonchev–Trinajstić information content (AvgIpc) is 2.87. The highest BCUT2D eigenvalue weighted by Crippen LogP contribution is 2.19. The number of amides is 2. The molecule has 0 saturated carbocycles. The highest BCUT2D eigenvalue weighted by molar-refractivity contribution is 7.90. The zero-order valence-electron chi connectivity index (χ0n) is 14.0. The van der Waals surface area contributed by atoms with Gasteiger partial charge in [-0.2, -0.15) is 10.4 Å². The van der Waals surface area contributed by atoms with E-state index in [4.69, 9.17) is 16.3 Å². The third kappa shape index (κ3) is 4.51. The van der Waals surface area contributed by atoms with Crippen molar-refractivity contribution >= 4 is 33.5 Å². The van der Waals surface area contributed by atoms with E-state index in [1.165, 1.54) is 36.1 Å². The van der Waals surface area contributed by atoms with E-state index in [1.807, 2.05) is 10.8 Å². The summed E-state index contributed by atoms with van der Waals surface area (Å²) in [6.45, 7) is 2.18. The molecule has 0 aliphatic carbocycles. The van der Waals surface area contributed by atoms with Crippen LogP contribution in [0, 0.1) is 18.3 Å². The highest BCUT2D eigenvalue weighted by Gasteiger charge is 2.21.